The van der Waals surface area contributed by atoms with E-state index in [2.05, 4.69) is 28.8 Å². The van der Waals surface area contributed by atoms with Crippen LogP contribution < -0.4 is 0 Å². The third-order valence-corrected chi connectivity index (χ3v) is 10.9. The van der Waals surface area contributed by atoms with Gasteiger partial charge in [-0.25, -0.2) is 15.0 Å². The van der Waals surface area contributed by atoms with Gasteiger partial charge in [-0.1, -0.05) is 19.4 Å². The van der Waals surface area contributed by atoms with Crippen molar-refractivity contribution in [1.82, 2.24) is 19.5 Å². The van der Waals surface area contributed by atoms with Crippen molar-refractivity contribution < 1.29 is 9.59 Å². The molecule has 0 amide bonds. The SMILES string of the molecule is CSc1ncnc2c1ncn2CC(=O)[C@H]1CC[C@H]2[C@@H]3CCC4=CC(=O)CC[C@]4(C)[C@H]3CC[C@]12C. The number of rotatable bonds is 4. The maximum absolute atomic E-state index is 13.7. The van der Waals surface area contributed by atoms with E-state index < -0.39 is 0 Å². The number of fused-ring (bicyclic) bond motifs is 6. The molecule has 3 fully saturated rings. The largest absolute Gasteiger partial charge is 0.308 e. The molecule has 6 atom stereocenters. The highest BCUT2D eigenvalue weighted by atomic mass is 32.2. The second kappa shape index (κ2) is 8.00. The first-order valence-corrected chi connectivity index (χ1v) is 14.0. The lowest BCUT2D eigenvalue weighted by Gasteiger charge is -2.58. The first-order chi connectivity index (χ1) is 16.3. The van der Waals surface area contributed by atoms with Crippen LogP contribution in [0.1, 0.15) is 65.2 Å². The lowest BCUT2D eigenvalue weighted by molar-refractivity contribution is -0.131. The second-order valence-corrected chi connectivity index (χ2v) is 12.3. The zero-order chi connectivity index (χ0) is 23.7. The molecule has 0 radical (unpaired) electrons. The Bertz CT molecular complexity index is 1200. The Hall–Kier alpha value is -2.02. The van der Waals surface area contributed by atoms with Crippen LogP contribution >= 0.6 is 11.8 Å². The Balaban J connectivity index is 1.24. The highest BCUT2D eigenvalue weighted by Crippen LogP contribution is 2.66. The van der Waals surface area contributed by atoms with Gasteiger partial charge >= 0.3 is 0 Å². The predicted molar refractivity (Wildman–Crippen MR) is 132 cm³/mol. The van der Waals surface area contributed by atoms with Crippen molar-refractivity contribution >= 4 is 34.5 Å². The molecule has 0 saturated heterocycles. The number of aromatic nitrogens is 4. The summed E-state index contributed by atoms with van der Waals surface area (Å²) < 4.78 is 1.92. The van der Waals surface area contributed by atoms with E-state index in [4.69, 9.17) is 0 Å². The molecule has 4 aliphatic carbocycles. The van der Waals surface area contributed by atoms with E-state index in [1.165, 1.54) is 18.4 Å². The van der Waals surface area contributed by atoms with Crippen LogP contribution in [0.15, 0.2) is 29.3 Å². The molecule has 34 heavy (non-hydrogen) atoms. The number of Topliss-reactive ketones (excluding diaryl/α,β-unsaturated/α-hetero) is 1. The third kappa shape index (κ3) is 3.18. The van der Waals surface area contributed by atoms with E-state index >= 15 is 0 Å². The van der Waals surface area contributed by atoms with Crippen molar-refractivity contribution in [3.05, 3.63) is 24.3 Å². The van der Waals surface area contributed by atoms with E-state index in [9.17, 15) is 9.59 Å². The zero-order valence-electron chi connectivity index (χ0n) is 20.4. The van der Waals surface area contributed by atoms with Crippen molar-refractivity contribution in [3.8, 4) is 0 Å². The Kier molecular flexibility index (Phi) is 5.28. The maximum atomic E-state index is 13.7. The van der Waals surface area contributed by atoms with Crippen LogP contribution in [0.2, 0.25) is 0 Å². The Labute approximate surface area is 205 Å². The Morgan fingerprint density at radius 2 is 1.94 bits per heavy atom. The molecular formula is C27H34N4O2S. The predicted octanol–water partition coefficient (Wildman–Crippen LogP) is 5.27. The lowest BCUT2D eigenvalue weighted by Crippen LogP contribution is -2.51. The molecule has 2 heterocycles. The summed E-state index contributed by atoms with van der Waals surface area (Å²) in [6.07, 6.45) is 15.7. The summed E-state index contributed by atoms with van der Waals surface area (Å²) in [5.41, 5.74) is 3.21. The van der Waals surface area contributed by atoms with Gasteiger partial charge in [0.05, 0.1) is 12.9 Å². The molecule has 2 aromatic rings. The molecule has 0 aliphatic heterocycles. The first-order valence-electron chi connectivity index (χ1n) is 12.8. The van der Waals surface area contributed by atoms with Gasteiger partial charge in [0, 0.05) is 12.3 Å². The molecule has 7 heteroatoms. The van der Waals surface area contributed by atoms with Crippen molar-refractivity contribution in [1.29, 1.82) is 0 Å². The number of nitrogens with zero attached hydrogens (tertiary/aromatic N) is 4. The molecule has 0 unspecified atom stereocenters. The number of hydrogen-bond donors (Lipinski definition) is 0. The fraction of sp³-hybridized carbons (Fsp3) is 0.667. The molecule has 0 N–H and O–H groups in total. The molecular weight excluding hydrogens is 444 g/mol. The van der Waals surface area contributed by atoms with Gasteiger partial charge < -0.3 is 4.57 Å². The molecule has 2 aromatic heterocycles. The normalized spacial score (nSPS) is 37.1. The van der Waals surface area contributed by atoms with Gasteiger partial charge in [-0.2, -0.15) is 0 Å². The van der Waals surface area contributed by atoms with Crippen LogP contribution in [0.5, 0.6) is 0 Å². The average Bonchev–Trinajstić information content (AvgIpc) is 3.40. The summed E-state index contributed by atoms with van der Waals surface area (Å²) in [5.74, 6) is 2.71. The number of allylic oxidation sites excluding steroid dienone is 1. The van der Waals surface area contributed by atoms with Crippen LogP contribution in [-0.2, 0) is 16.1 Å². The highest BCUT2D eigenvalue weighted by molar-refractivity contribution is 7.98. The summed E-state index contributed by atoms with van der Waals surface area (Å²) in [6.45, 7) is 5.17. The summed E-state index contributed by atoms with van der Waals surface area (Å²) >= 11 is 1.55. The third-order valence-electron chi connectivity index (χ3n) is 10.2. The first kappa shape index (κ1) is 22.4. The van der Waals surface area contributed by atoms with Gasteiger partial charge in [0.1, 0.15) is 16.9 Å². The van der Waals surface area contributed by atoms with Crippen molar-refractivity contribution in [3.63, 3.8) is 0 Å². The number of hydrogen-bond acceptors (Lipinski definition) is 6. The van der Waals surface area contributed by atoms with E-state index in [-0.39, 0.29) is 16.7 Å². The Morgan fingerprint density at radius 1 is 1.09 bits per heavy atom. The average molecular weight is 479 g/mol. The zero-order valence-corrected chi connectivity index (χ0v) is 21.2. The van der Waals surface area contributed by atoms with Gasteiger partial charge in [0.25, 0.3) is 0 Å². The fourth-order valence-electron chi connectivity index (χ4n) is 8.49. The fourth-order valence-corrected chi connectivity index (χ4v) is 8.98. The van der Waals surface area contributed by atoms with E-state index in [1.54, 1.807) is 24.4 Å². The molecule has 3 saturated carbocycles. The number of carbonyl (C=O) groups is 2. The number of thioether (sulfide) groups is 1. The van der Waals surface area contributed by atoms with Crippen LogP contribution in [0, 0.1) is 34.5 Å². The van der Waals surface area contributed by atoms with Crippen LogP contribution in [0.25, 0.3) is 11.2 Å². The van der Waals surface area contributed by atoms with Crippen molar-refractivity contribution in [2.75, 3.05) is 6.26 Å². The summed E-state index contributed by atoms with van der Waals surface area (Å²) in [4.78, 5) is 39.0. The van der Waals surface area contributed by atoms with Crippen LogP contribution in [0.4, 0.5) is 0 Å². The molecule has 6 rings (SSSR count). The van der Waals surface area contributed by atoms with Gasteiger partial charge in [0.2, 0.25) is 0 Å². The quantitative estimate of drug-likeness (QED) is 0.440. The minimum Gasteiger partial charge on any atom is -0.308 e. The monoisotopic (exact) mass is 478 g/mol. The standard InChI is InChI=1S/C27H34N4O2S/c1-26-10-8-17(32)12-16(26)4-5-18-19-6-7-21(27(19,2)11-9-20(18)26)22(33)13-31-15-30-23-24(31)28-14-29-25(23)34-3/h12,14-15,18-21H,4-11,13H2,1-3H3/t18-,19-,20-,21+,26-,27-/m0/s1. The van der Waals surface area contributed by atoms with Gasteiger partial charge in [-0.05, 0) is 85.9 Å². The van der Waals surface area contributed by atoms with Gasteiger partial charge in [-0.3, -0.25) is 9.59 Å². The molecule has 0 bridgehead atoms. The molecule has 0 spiro atoms. The minimum atomic E-state index is 0.0795. The minimum absolute atomic E-state index is 0.0795. The van der Waals surface area contributed by atoms with E-state index in [0.29, 0.717) is 42.3 Å². The van der Waals surface area contributed by atoms with Gasteiger partial charge in [0.15, 0.2) is 17.2 Å². The smallest absolute Gasteiger partial charge is 0.164 e. The molecule has 180 valence electrons. The van der Waals surface area contributed by atoms with E-state index in [1.807, 2.05) is 16.9 Å². The van der Waals surface area contributed by atoms with Crippen molar-refractivity contribution in [2.24, 2.45) is 34.5 Å². The molecule has 6 nitrogen and oxygen atoms in total. The van der Waals surface area contributed by atoms with E-state index in [0.717, 1.165) is 48.3 Å². The summed E-state index contributed by atoms with van der Waals surface area (Å²) in [6, 6.07) is 0. The van der Waals surface area contributed by atoms with Gasteiger partial charge in [-0.15, -0.1) is 11.8 Å². The molecule has 4 aliphatic rings. The maximum Gasteiger partial charge on any atom is 0.164 e. The van der Waals surface area contributed by atoms with Crippen LogP contribution in [-0.4, -0.2) is 37.3 Å². The lowest BCUT2D eigenvalue weighted by atomic mass is 9.46. The summed E-state index contributed by atoms with van der Waals surface area (Å²) in [7, 11) is 0. The van der Waals surface area contributed by atoms with Crippen molar-refractivity contribution in [2.45, 2.75) is 76.8 Å². The highest BCUT2D eigenvalue weighted by Gasteiger charge is 2.60. The summed E-state index contributed by atoms with van der Waals surface area (Å²) in [5, 5.41) is 0.853. The molecule has 0 aromatic carbocycles. The number of imidazole rings is 1. The Morgan fingerprint density at radius 3 is 2.76 bits per heavy atom. The van der Waals surface area contributed by atoms with Crippen LogP contribution in [0.3, 0.4) is 0 Å². The number of ketones is 2. The number of carbonyl (C=O) groups excluding carboxylic acids is 2. The second-order valence-electron chi connectivity index (χ2n) is 11.5. The topological polar surface area (TPSA) is 77.7 Å².